The first kappa shape index (κ1) is 17.5. The highest BCUT2D eigenvalue weighted by molar-refractivity contribution is 7.89. The Morgan fingerprint density at radius 2 is 1.92 bits per heavy atom. The Balaban J connectivity index is 1.62. The summed E-state index contributed by atoms with van der Waals surface area (Å²) in [4.78, 5) is 4.42. The molecule has 1 atom stereocenters. The van der Waals surface area contributed by atoms with Crippen LogP contribution in [-0.2, 0) is 10.0 Å². The molecule has 2 aromatic carbocycles. The maximum Gasteiger partial charge on any atom is 0.243 e. The van der Waals surface area contributed by atoms with Gasteiger partial charge in [-0.2, -0.15) is 4.31 Å². The zero-order valence-corrected chi connectivity index (χ0v) is 15.4. The van der Waals surface area contributed by atoms with Gasteiger partial charge in [0, 0.05) is 19.0 Å². The highest BCUT2D eigenvalue weighted by Gasteiger charge is 2.32. The highest BCUT2D eigenvalue weighted by atomic mass is 32.2. The van der Waals surface area contributed by atoms with Gasteiger partial charge in [0.25, 0.3) is 0 Å². The Labute approximate surface area is 154 Å². The van der Waals surface area contributed by atoms with Crippen LogP contribution in [0.15, 0.2) is 47.4 Å². The van der Waals surface area contributed by atoms with Gasteiger partial charge in [-0.3, -0.25) is 0 Å². The topological polar surface area (TPSA) is 50.3 Å². The molecule has 1 aromatic heterocycles. The van der Waals surface area contributed by atoms with E-state index >= 15 is 0 Å². The summed E-state index contributed by atoms with van der Waals surface area (Å²) < 4.78 is 54.7. The fourth-order valence-corrected chi connectivity index (χ4v) is 5.84. The summed E-state index contributed by atoms with van der Waals surface area (Å²) in [5.74, 6) is -2.22. The fraction of sp³-hybridized carbons (Fsp3) is 0.278. The third-order valence-corrected chi connectivity index (χ3v) is 7.63. The molecule has 26 heavy (non-hydrogen) atoms. The first-order chi connectivity index (χ1) is 12.4. The average Bonchev–Trinajstić information content (AvgIpc) is 3.08. The molecule has 8 heteroatoms. The minimum Gasteiger partial charge on any atom is -0.241 e. The predicted octanol–water partition coefficient (Wildman–Crippen LogP) is 4.14. The van der Waals surface area contributed by atoms with Crippen molar-refractivity contribution in [3.05, 3.63) is 59.1 Å². The lowest BCUT2D eigenvalue weighted by Crippen LogP contribution is -2.39. The lowest BCUT2D eigenvalue weighted by atomic mass is 10.0. The van der Waals surface area contributed by atoms with Crippen LogP contribution in [0.2, 0.25) is 0 Å². The Kier molecular flexibility index (Phi) is 4.50. The van der Waals surface area contributed by atoms with Crippen LogP contribution < -0.4 is 0 Å². The van der Waals surface area contributed by atoms with E-state index in [0.29, 0.717) is 19.5 Å². The first-order valence-electron chi connectivity index (χ1n) is 8.26. The van der Waals surface area contributed by atoms with Gasteiger partial charge in [-0.1, -0.05) is 12.1 Å². The second kappa shape index (κ2) is 6.68. The average molecular weight is 394 g/mol. The highest BCUT2D eigenvalue weighted by Crippen LogP contribution is 2.34. The molecule has 1 aliphatic rings. The monoisotopic (exact) mass is 394 g/mol. The molecule has 0 spiro atoms. The van der Waals surface area contributed by atoms with E-state index in [9.17, 15) is 17.2 Å². The van der Waals surface area contributed by atoms with Crippen molar-refractivity contribution in [3.8, 4) is 0 Å². The molecule has 0 amide bonds. The summed E-state index contributed by atoms with van der Waals surface area (Å²) >= 11 is 1.57. The second-order valence-corrected chi connectivity index (χ2v) is 9.30. The van der Waals surface area contributed by atoms with Crippen molar-refractivity contribution in [1.82, 2.24) is 9.29 Å². The molecular weight excluding hydrogens is 378 g/mol. The number of fused-ring (bicyclic) bond motifs is 1. The molecular formula is C18H16F2N2O2S2. The molecule has 1 saturated heterocycles. The number of nitrogens with zero attached hydrogens (tertiary/aromatic N) is 2. The van der Waals surface area contributed by atoms with Crippen LogP contribution in [-0.4, -0.2) is 30.8 Å². The zero-order valence-electron chi connectivity index (χ0n) is 13.7. The van der Waals surface area contributed by atoms with Gasteiger partial charge in [0.2, 0.25) is 10.0 Å². The number of piperidine rings is 1. The molecule has 0 bridgehead atoms. The molecule has 4 rings (SSSR count). The van der Waals surface area contributed by atoms with Gasteiger partial charge in [0.05, 0.1) is 20.1 Å². The Bertz CT molecular complexity index is 1030. The molecule has 0 N–H and O–H groups in total. The van der Waals surface area contributed by atoms with Gasteiger partial charge in [-0.15, -0.1) is 11.3 Å². The summed E-state index contributed by atoms with van der Waals surface area (Å²) in [5.41, 5.74) is 0.910. The third kappa shape index (κ3) is 3.13. The van der Waals surface area contributed by atoms with Crippen LogP contribution in [0.5, 0.6) is 0 Å². The summed E-state index contributed by atoms with van der Waals surface area (Å²) in [6.07, 6.45) is 1.55. The van der Waals surface area contributed by atoms with Gasteiger partial charge in [-0.25, -0.2) is 22.2 Å². The molecule has 2 heterocycles. The molecule has 3 aromatic rings. The van der Waals surface area contributed by atoms with Crippen LogP contribution in [0.1, 0.15) is 23.8 Å². The van der Waals surface area contributed by atoms with Crippen LogP contribution in [0.3, 0.4) is 0 Å². The Morgan fingerprint density at radius 3 is 2.69 bits per heavy atom. The van der Waals surface area contributed by atoms with Gasteiger partial charge in [0.1, 0.15) is 0 Å². The number of hydrogen-bond acceptors (Lipinski definition) is 4. The molecule has 0 radical (unpaired) electrons. The van der Waals surface area contributed by atoms with Crippen molar-refractivity contribution >= 4 is 31.6 Å². The van der Waals surface area contributed by atoms with E-state index in [2.05, 4.69) is 4.98 Å². The molecule has 1 fully saturated rings. The molecule has 0 saturated carbocycles. The second-order valence-electron chi connectivity index (χ2n) is 6.30. The van der Waals surface area contributed by atoms with Crippen LogP contribution in [0.4, 0.5) is 8.78 Å². The molecule has 1 aliphatic heterocycles. The van der Waals surface area contributed by atoms with Gasteiger partial charge >= 0.3 is 0 Å². The molecule has 0 unspecified atom stereocenters. The summed E-state index contributed by atoms with van der Waals surface area (Å²) in [7, 11) is -3.87. The number of hydrogen-bond donors (Lipinski definition) is 0. The van der Waals surface area contributed by atoms with Crippen molar-refractivity contribution < 1.29 is 17.2 Å². The van der Waals surface area contributed by atoms with Crippen LogP contribution in [0, 0.1) is 11.6 Å². The standard InChI is InChI=1S/C18H16F2N2O2S2/c19-14-8-7-13(10-15(14)20)26(23,24)22-9-3-4-12(11-22)18-21-16-5-1-2-6-17(16)25-18/h1-2,5-8,10,12H,3-4,9,11H2/t12-/m1/s1. The van der Waals surface area contributed by atoms with Crippen molar-refractivity contribution in [2.75, 3.05) is 13.1 Å². The number of rotatable bonds is 3. The lowest BCUT2D eigenvalue weighted by Gasteiger charge is -2.31. The Morgan fingerprint density at radius 1 is 1.12 bits per heavy atom. The largest absolute Gasteiger partial charge is 0.243 e. The van der Waals surface area contributed by atoms with Crippen molar-refractivity contribution in [1.29, 1.82) is 0 Å². The predicted molar refractivity (Wildman–Crippen MR) is 96.7 cm³/mol. The maximum atomic E-state index is 13.5. The van der Waals surface area contributed by atoms with E-state index in [1.807, 2.05) is 24.3 Å². The van der Waals surface area contributed by atoms with E-state index in [4.69, 9.17) is 0 Å². The first-order valence-corrected chi connectivity index (χ1v) is 10.5. The molecule has 4 nitrogen and oxygen atoms in total. The van der Waals surface area contributed by atoms with Gasteiger partial charge < -0.3 is 0 Å². The molecule has 0 aliphatic carbocycles. The van der Waals surface area contributed by atoms with Gasteiger partial charge in [0.15, 0.2) is 11.6 Å². The van der Waals surface area contributed by atoms with Crippen molar-refractivity contribution in [3.63, 3.8) is 0 Å². The number of thiazole rings is 1. The zero-order chi connectivity index (χ0) is 18.3. The van der Waals surface area contributed by atoms with E-state index in [1.165, 1.54) is 4.31 Å². The number of aromatic nitrogens is 1. The summed E-state index contributed by atoms with van der Waals surface area (Å²) in [6, 6.07) is 10.5. The number of halogens is 2. The number of benzene rings is 2. The van der Waals surface area contributed by atoms with E-state index in [-0.39, 0.29) is 10.8 Å². The van der Waals surface area contributed by atoms with Crippen LogP contribution >= 0.6 is 11.3 Å². The summed E-state index contributed by atoms with van der Waals surface area (Å²) in [5, 5.41) is 0.913. The van der Waals surface area contributed by atoms with E-state index < -0.39 is 21.7 Å². The number of para-hydroxylation sites is 1. The SMILES string of the molecule is O=S(=O)(c1ccc(F)c(F)c1)N1CCC[C@@H](c2nc3ccccc3s2)C1. The van der Waals surface area contributed by atoms with E-state index in [0.717, 1.165) is 39.8 Å². The summed E-state index contributed by atoms with van der Waals surface area (Å²) in [6.45, 7) is 0.657. The lowest BCUT2D eigenvalue weighted by molar-refractivity contribution is 0.315. The van der Waals surface area contributed by atoms with Crippen molar-refractivity contribution in [2.24, 2.45) is 0 Å². The van der Waals surface area contributed by atoms with Crippen LogP contribution in [0.25, 0.3) is 10.2 Å². The fourth-order valence-electron chi connectivity index (χ4n) is 3.21. The van der Waals surface area contributed by atoms with Gasteiger partial charge in [-0.05, 0) is 43.2 Å². The smallest absolute Gasteiger partial charge is 0.241 e. The minimum atomic E-state index is -3.87. The molecule has 136 valence electrons. The number of sulfonamides is 1. The third-order valence-electron chi connectivity index (χ3n) is 4.57. The minimum absolute atomic E-state index is 0.00113. The Hall–Kier alpha value is -1.90. The quantitative estimate of drug-likeness (QED) is 0.671. The van der Waals surface area contributed by atoms with Crippen molar-refractivity contribution in [2.45, 2.75) is 23.7 Å². The van der Waals surface area contributed by atoms with E-state index in [1.54, 1.807) is 11.3 Å². The normalized spacial score (nSPS) is 19.1. The maximum absolute atomic E-state index is 13.5.